The number of hydrogen-bond acceptors (Lipinski definition) is 5. The first-order valence-electron chi connectivity index (χ1n) is 7.87. The smallest absolute Gasteiger partial charge is 0.253 e. The van der Waals surface area contributed by atoms with Crippen LogP contribution in [-0.4, -0.2) is 36.9 Å². The van der Waals surface area contributed by atoms with E-state index < -0.39 is 9.84 Å². The highest BCUT2D eigenvalue weighted by Gasteiger charge is 2.27. The third-order valence-corrected chi connectivity index (χ3v) is 6.00. The van der Waals surface area contributed by atoms with E-state index in [2.05, 4.69) is 15.6 Å². The number of nitrogens with zero attached hydrogens (tertiary/aromatic N) is 1. The maximum atomic E-state index is 12.1. The Labute approximate surface area is 151 Å². The van der Waals surface area contributed by atoms with Crippen molar-refractivity contribution >= 4 is 33.2 Å². The second-order valence-electron chi connectivity index (χ2n) is 5.99. The van der Waals surface area contributed by atoms with Gasteiger partial charge in [-0.05, 0) is 36.2 Å². The standard InChI is InChI=1S/C17H18ClN3O3S/c18-14-4-1-12(2-5-14)9-20-17(22)13-3-6-16(19-10-13)21-15-7-8-25(23,24)11-15/h1-6,10,15H,7-9,11H2,(H,19,21)(H,20,22). The summed E-state index contributed by atoms with van der Waals surface area (Å²) in [6.45, 7) is 0.399. The Morgan fingerprint density at radius 3 is 2.56 bits per heavy atom. The van der Waals surface area contributed by atoms with E-state index in [1.807, 2.05) is 12.1 Å². The molecule has 1 aliphatic heterocycles. The van der Waals surface area contributed by atoms with Crippen molar-refractivity contribution in [2.75, 3.05) is 16.8 Å². The summed E-state index contributed by atoms with van der Waals surface area (Å²) in [4.78, 5) is 16.3. The summed E-state index contributed by atoms with van der Waals surface area (Å²) in [5.74, 6) is 0.669. The number of anilines is 1. The molecule has 25 heavy (non-hydrogen) atoms. The number of nitrogens with one attached hydrogen (secondary N) is 2. The molecule has 1 unspecified atom stereocenters. The number of amides is 1. The maximum Gasteiger partial charge on any atom is 0.253 e. The van der Waals surface area contributed by atoms with Crippen LogP contribution in [0.3, 0.4) is 0 Å². The molecule has 1 saturated heterocycles. The number of benzene rings is 1. The lowest BCUT2D eigenvalue weighted by Crippen LogP contribution is -2.23. The molecule has 2 aromatic rings. The first kappa shape index (κ1) is 17.7. The third-order valence-electron chi connectivity index (χ3n) is 3.98. The van der Waals surface area contributed by atoms with Gasteiger partial charge in [0, 0.05) is 23.8 Å². The molecule has 2 heterocycles. The Kier molecular flexibility index (Phi) is 5.24. The quantitative estimate of drug-likeness (QED) is 0.831. The fraction of sp³-hybridized carbons (Fsp3) is 0.294. The number of carbonyl (C=O) groups is 1. The molecule has 132 valence electrons. The number of hydrogen-bond donors (Lipinski definition) is 2. The number of sulfone groups is 1. The number of rotatable bonds is 5. The molecule has 6 nitrogen and oxygen atoms in total. The largest absolute Gasteiger partial charge is 0.366 e. The van der Waals surface area contributed by atoms with Crippen LogP contribution in [0.4, 0.5) is 5.82 Å². The van der Waals surface area contributed by atoms with Crippen molar-refractivity contribution in [3.8, 4) is 0 Å². The molecule has 1 fully saturated rings. The maximum absolute atomic E-state index is 12.1. The summed E-state index contributed by atoms with van der Waals surface area (Å²) in [6.07, 6.45) is 2.05. The first-order chi connectivity index (χ1) is 11.9. The van der Waals surface area contributed by atoms with Gasteiger partial charge in [0.1, 0.15) is 5.82 Å². The molecule has 0 radical (unpaired) electrons. The minimum atomic E-state index is -2.94. The monoisotopic (exact) mass is 379 g/mol. The second kappa shape index (κ2) is 7.41. The average molecular weight is 380 g/mol. The van der Waals surface area contributed by atoms with Gasteiger partial charge in [-0.25, -0.2) is 13.4 Å². The van der Waals surface area contributed by atoms with Crippen LogP contribution in [-0.2, 0) is 16.4 Å². The Morgan fingerprint density at radius 1 is 1.20 bits per heavy atom. The van der Waals surface area contributed by atoms with E-state index in [0.29, 0.717) is 29.4 Å². The molecule has 1 aromatic carbocycles. The van der Waals surface area contributed by atoms with Crippen LogP contribution in [0.25, 0.3) is 0 Å². The van der Waals surface area contributed by atoms with E-state index >= 15 is 0 Å². The van der Waals surface area contributed by atoms with Gasteiger partial charge in [0.25, 0.3) is 5.91 Å². The highest BCUT2D eigenvalue weighted by molar-refractivity contribution is 7.91. The minimum Gasteiger partial charge on any atom is -0.366 e. The van der Waals surface area contributed by atoms with Gasteiger partial charge in [0.2, 0.25) is 0 Å². The van der Waals surface area contributed by atoms with Crippen molar-refractivity contribution in [3.63, 3.8) is 0 Å². The van der Waals surface area contributed by atoms with E-state index in [-0.39, 0.29) is 23.5 Å². The molecule has 0 saturated carbocycles. The van der Waals surface area contributed by atoms with E-state index in [1.54, 1.807) is 24.3 Å². The van der Waals surface area contributed by atoms with Gasteiger partial charge in [0.15, 0.2) is 9.84 Å². The highest BCUT2D eigenvalue weighted by Crippen LogP contribution is 2.16. The van der Waals surface area contributed by atoms with Crippen LogP contribution in [0, 0.1) is 0 Å². The summed E-state index contributed by atoms with van der Waals surface area (Å²) >= 11 is 5.83. The van der Waals surface area contributed by atoms with Gasteiger partial charge in [0.05, 0.1) is 17.1 Å². The van der Waals surface area contributed by atoms with Crippen LogP contribution in [0.5, 0.6) is 0 Å². The minimum absolute atomic E-state index is 0.123. The van der Waals surface area contributed by atoms with E-state index in [9.17, 15) is 13.2 Å². The van der Waals surface area contributed by atoms with Crippen molar-refractivity contribution in [3.05, 3.63) is 58.7 Å². The first-order valence-corrected chi connectivity index (χ1v) is 10.1. The normalized spacial score (nSPS) is 18.7. The molecule has 3 rings (SSSR count). The van der Waals surface area contributed by atoms with Gasteiger partial charge < -0.3 is 10.6 Å². The number of pyridine rings is 1. The zero-order chi connectivity index (χ0) is 17.9. The molecule has 8 heteroatoms. The molecule has 2 N–H and O–H groups in total. The fourth-order valence-corrected chi connectivity index (χ4v) is 4.42. The second-order valence-corrected chi connectivity index (χ2v) is 8.65. The Balaban J connectivity index is 1.54. The van der Waals surface area contributed by atoms with E-state index in [1.165, 1.54) is 6.20 Å². The fourth-order valence-electron chi connectivity index (χ4n) is 2.62. The summed E-state index contributed by atoms with van der Waals surface area (Å²) in [7, 11) is -2.94. The predicted octanol–water partition coefficient (Wildman–Crippen LogP) is 2.26. The molecule has 0 bridgehead atoms. The lowest BCUT2D eigenvalue weighted by molar-refractivity contribution is 0.0950. The van der Waals surface area contributed by atoms with Crippen molar-refractivity contribution in [1.29, 1.82) is 0 Å². The molecule has 1 atom stereocenters. The van der Waals surface area contributed by atoms with E-state index in [4.69, 9.17) is 11.6 Å². The Bertz CT molecular complexity index is 852. The summed E-state index contributed by atoms with van der Waals surface area (Å²) < 4.78 is 22.9. The third kappa shape index (κ3) is 4.93. The molecule has 0 aliphatic carbocycles. The van der Waals surface area contributed by atoms with Gasteiger partial charge in [-0.3, -0.25) is 4.79 Å². The van der Waals surface area contributed by atoms with Gasteiger partial charge in [-0.2, -0.15) is 0 Å². The van der Waals surface area contributed by atoms with Crippen LogP contribution in [0.1, 0.15) is 22.3 Å². The molecule has 1 aromatic heterocycles. The number of aromatic nitrogens is 1. The van der Waals surface area contributed by atoms with Crippen LogP contribution in [0.2, 0.25) is 5.02 Å². The molecule has 1 amide bonds. The van der Waals surface area contributed by atoms with Crippen molar-refractivity contribution < 1.29 is 13.2 Å². The lowest BCUT2D eigenvalue weighted by atomic mass is 10.2. The predicted molar refractivity (Wildman–Crippen MR) is 97.5 cm³/mol. The van der Waals surface area contributed by atoms with Crippen LogP contribution >= 0.6 is 11.6 Å². The zero-order valence-electron chi connectivity index (χ0n) is 13.4. The average Bonchev–Trinajstić information content (AvgIpc) is 2.93. The SMILES string of the molecule is O=C(NCc1ccc(Cl)cc1)c1ccc(NC2CCS(=O)(=O)C2)nc1. The molecule has 1 aliphatic rings. The summed E-state index contributed by atoms with van der Waals surface area (Å²) in [5, 5.41) is 6.56. The van der Waals surface area contributed by atoms with Gasteiger partial charge >= 0.3 is 0 Å². The van der Waals surface area contributed by atoms with Crippen molar-refractivity contribution in [1.82, 2.24) is 10.3 Å². The number of halogens is 1. The van der Waals surface area contributed by atoms with Gasteiger partial charge in [-0.15, -0.1) is 0 Å². The van der Waals surface area contributed by atoms with Crippen molar-refractivity contribution in [2.45, 2.75) is 19.0 Å². The molecular weight excluding hydrogens is 362 g/mol. The zero-order valence-corrected chi connectivity index (χ0v) is 15.0. The number of carbonyl (C=O) groups excluding carboxylic acids is 1. The molecule has 0 spiro atoms. The van der Waals surface area contributed by atoms with Crippen LogP contribution < -0.4 is 10.6 Å². The highest BCUT2D eigenvalue weighted by atomic mass is 35.5. The van der Waals surface area contributed by atoms with Crippen molar-refractivity contribution in [2.24, 2.45) is 0 Å². The molecular formula is C17H18ClN3O3S. The van der Waals surface area contributed by atoms with E-state index in [0.717, 1.165) is 5.56 Å². The lowest BCUT2D eigenvalue weighted by Gasteiger charge is -2.11. The van der Waals surface area contributed by atoms with Crippen LogP contribution in [0.15, 0.2) is 42.6 Å². The van der Waals surface area contributed by atoms with Gasteiger partial charge in [-0.1, -0.05) is 23.7 Å². The summed E-state index contributed by atoms with van der Waals surface area (Å²) in [5.41, 5.74) is 1.39. The Morgan fingerprint density at radius 2 is 1.96 bits per heavy atom. The summed E-state index contributed by atoms with van der Waals surface area (Å²) in [6, 6.07) is 10.5. The topological polar surface area (TPSA) is 88.2 Å². The Hall–Kier alpha value is -2.12.